The van der Waals surface area contributed by atoms with Gasteiger partial charge in [-0.05, 0) is 36.4 Å². The number of ether oxygens (including phenoxy) is 1. The molecular weight excluding hydrogens is 256 g/mol. The molecule has 0 aliphatic heterocycles. The topological polar surface area (TPSA) is 63.6 Å². The van der Waals surface area contributed by atoms with E-state index >= 15 is 0 Å². The molecule has 0 aliphatic rings. The summed E-state index contributed by atoms with van der Waals surface area (Å²) in [5, 5.41) is 8.55. The average Bonchev–Trinajstić information content (AvgIpc) is 2.46. The van der Waals surface area contributed by atoms with Gasteiger partial charge in [-0.1, -0.05) is 18.2 Å². The summed E-state index contributed by atoms with van der Waals surface area (Å²) in [4.78, 5) is 22.1. The van der Waals surface area contributed by atoms with E-state index in [1.165, 1.54) is 0 Å². The van der Waals surface area contributed by atoms with Gasteiger partial charge >= 0.3 is 5.97 Å². The highest BCUT2D eigenvalue weighted by atomic mass is 16.5. The predicted molar refractivity (Wildman–Crippen MR) is 74.2 cm³/mol. The standard InChI is InChI=1S/C16H14O4/c17-15(10-11-16(18)19)12-6-8-14(9-7-12)20-13-4-2-1-3-5-13/h1-9H,10-11H2,(H,18,19). The van der Waals surface area contributed by atoms with Crippen molar-refractivity contribution in [3.8, 4) is 11.5 Å². The lowest BCUT2D eigenvalue weighted by Crippen LogP contribution is -2.03. The van der Waals surface area contributed by atoms with Crippen LogP contribution in [0.2, 0.25) is 0 Å². The minimum atomic E-state index is -0.970. The summed E-state index contributed by atoms with van der Waals surface area (Å²) in [5.41, 5.74) is 0.492. The van der Waals surface area contributed by atoms with Crippen LogP contribution in [0.25, 0.3) is 0 Å². The van der Waals surface area contributed by atoms with Gasteiger partial charge in [0.05, 0.1) is 6.42 Å². The van der Waals surface area contributed by atoms with Crippen LogP contribution in [0, 0.1) is 0 Å². The molecule has 0 amide bonds. The van der Waals surface area contributed by atoms with Crippen molar-refractivity contribution in [3.05, 3.63) is 60.2 Å². The van der Waals surface area contributed by atoms with E-state index in [0.717, 1.165) is 5.75 Å². The second-order valence-electron chi connectivity index (χ2n) is 4.26. The van der Waals surface area contributed by atoms with Gasteiger partial charge < -0.3 is 9.84 Å². The van der Waals surface area contributed by atoms with E-state index in [1.807, 2.05) is 30.3 Å². The molecule has 102 valence electrons. The van der Waals surface area contributed by atoms with Gasteiger partial charge in [0.2, 0.25) is 0 Å². The molecule has 4 nitrogen and oxygen atoms in total. The van der Waals surface area contributed by atoms with Crippen LogP contribution in [0.1, 0.15) is 23.2 Å². The molecule has 2 rings (SSSR count). The summed E-state index contributed by atoms with van der Waals surface area (Å²) < 4.78 is 5.61. The Labute approximate surface area is 116 Å². The Morgan fingerprint density at radius 2 is 1.45 bits per heavy atom. The molecule has 0 bridgehead atoms. The van der Waals surface area contributed by atoms with Gasteiger partial charge in [-0.3, -0.25) is 9.59 Å². The van der Waals surface area contributed by atoms with Gasteiger partial charge in [-0.2, -0.15) is 0 Å². The number of hydrogen-bond donors (Lipinski definition) is 1. The molecular formula is C16H14O4. The summed E-state index contributed by atoms with van der Waals surface area (Å²) in [5.74, 6) is 0.199. The first-order valence-corrected chi connectivity index (χ1v) is 6.23. The summed E-state index contributed by atoms with van der Waals surface area (Å²) in [6.07, 6.45) is -0.144. The molecule has 20 heavy (non-hydrogen) atoms. The highest BCUT2D eigenvalue weighted by molar-refractivity contribution is 5.97. The number of carboxylic acids is 1. The first-order valence-electron chi connectivity index (χ1n) is 6.23. The number of para-hydroxylation sites is 1. The van der Waals surface area contributed by atoms with Crippen LogP contribution in [0.15, 0.2) is 54.6 Å². The van der Waals surface area contributed by atoms with Crippen LogP contribution < -0.4 is 4.74 Å². The van der Waals surface area contributed by atoms with Gasteiger partial charge in [-0.25, -0.2) is 0 Å². The van der Waals surface area contributed by atoms with Gasteiger partial charge in [0.1, 0.15) is 11.5 Å². The Morgan fingerprint density at radius 3 is 2.05 bits per heavy atom. The zero-order chi connectivity index (χ0) is 14.4. The highest BCUT2D eigenvalue weighted by Gasteiger charge is 2.08. The largest absolute Gasteiger partial charge is 0.481 e. The lowest BCUT2D eigenvalue weighted by Gasteiger charge is -2.06. The van der Waals surface area contributed by atoms with Crippen LogP contribution in [-0.2, 0) is 4.79 Å². The molecule has 0 aliphatic carbocycles. The van der Waals surface area contributed by atoms with Crippen LogP contribution in [-0.4, -0.2) is 16.9 Å². The van der Waals surface area contributed by atoms with E-state index in [0.29, 0.717) is 11.3 Å². The minimum absolute atomic E-state index is 0.00816. The molecule has 2 aromatic carbocycles. The van der Waals surface area contributed by atoms with Gasteiger partial charge in [0.25, 0.3) is 0 Å². The fraction of sp³-hybridized carbons (Fsp3) is 0.125. The molecule has 0 spiro atoms. The Morgan fingerprint density at radius 1 is 0.850 bits per heavy atom. The molecule has 0 heterocycles. The third-order valence-corrected chi connectivity index (χ3v) is 2.72. The maximum atomic E-state index is 11.7. The molecule has 0 saturated carbocycles. The van der Waals surface area contributed by atoms with Crippen LogP contribution >= 0.6 is 0 Å². The zero-order valence-electron chi connectivity index (χ0n) is 10.8. The van der Waals surface area contributed by atoms with Crippen LogP contribution in [0.4, 0.5) is 0 Å². The molecule has 1 N–H and O–H groups in total. The SMILES string of the molecule is O=C(O)CCC(=O)c1ccc(Oc2ccccc2)cc1. The number of carbonyl (C=O) groups is 2. The quantitative estimate of drug-likeness (QED) is 0.815. The number of aliphatic carboxylic acids is 1. The smallest absolute Gasteiger partial charge is 0.303 e. The summed E-state index contributed by atoms with van der Waals surface area (Å²) in [6, 6.07) is 16.0. The Bertz CT molecular complexity index is 588. The third-order valence-electron chi connectivity index (χ3n) is 2.72. The Balaban J connectivity index is 1.99. The molecule has 2 aromatic rings. The molecule has 0 radical (unpaired) electrons. The number of Topliss-reactive ketones (excluding diaryl/α,β-unsaturated/α-hetero) is 1. The van der Waals surface area contributed by atoms with Crippen molar-refractivity contribution in [3.63, 3.8) is 0 Å². The van der Waals surface area contributed by atoms with E-state index in [2.05, 4.69) is 0 Å². The molecule has 0 fully saturated rings. The third kappa shape index (κ3) is 3.95. The fourth-order valence-corrected chi connectivity index (χ4v) is 1.70. The summed E-state index contributed by atoms with van der Waals surface area (Å²) in [7, 11) is 0. The molecule has 4 heteroatoms. The van der Waals surface area contributed by atoms with Gasteiger partial charge in [-0.15, -0.1) is 0 Å². The first-order chi connectivity index (χ1) is 9.65. The minimum Gasteiger partial charge on any atom is -0.481 e. The number of carbonyl (C=O) groups excluding carboxylic acids is 1. The Kier molecular flexibility index (Phi) is 4.50. The predicted octanol–water partition coefficient (Wildman–Crippen LogP) is 3.53. The maximum Gasteiger partial charge on any atom is 0.303 e. The Hall–Kier alpha value is -2.62. The van der Waals surface area contributed by atoms with Crippen LogP contribution in [0.5, 0.6) is 11.5 Å². The van der Waals surface area contributed by atoms with E-state index in [9.17, 15) is 9.59 Å². The first kappa shape index (κ1) is 13.8. The van der Waals surface area contributed by atoms with Crippen molar-refractivity contribution < 1.29 is 19.4 Å². The molecule has 0 saturated heterocycles. The number of rotatable bonds is 6. The van der Waals surface area contributed by atoms with Crippen molar-refractivity contribution >= 4 is 11.8 Å². The van der Waals surface area contributed by atoms with Crippen molar-refractivity contribution in [1.82, 2.24) is 0 Å². The second kappa shape index (κ2) is 6.52. The number of ketones is 1. The number of carboxylic acid groups (broad SMARTS) is 1. The number of hydrogen-bond acceptors (Lipinski definition) is 3. The van der Waals surface area contributed by atoms with Gasteiger partial charge in [0.15, 0.2) is 5.78 Å². The molecule has 0 unspecified atom stereocenters. The van der Waals surface area contributed by atoms with Gasteiger partial charge in [0, 0.05) is 12.0 Å². The van der Waals surface area contributed by atoms with E-state index < -0.39 is 5.97 Å². The summed E-state index contributed by atoms with van der Waals surface area (Å²) >= 11 is 0. The fourth-order valence-electron chi connectivity index (χ4n) is 1.70. The van der Waals surface area contributed by atoms with Crippen molar-refractivity contribution in [2.24, 2.45) is 0 Å². The van der Waals surface area contributed by atoms with E-state index in [1.54, 1.807) is 24.3 Å². The average molecular weight is 270 g/mol. The normalized spacial score (nSPS) is 10.0. The zero-order valence-corrected chi connectivity index (χ0v) is 10.8. The molecule has 0 atom stereocenters. The van der Waals surface area contributed by atoms with Crippen molar-refractivity contribution in [1.29, 1.82) is 0 Å². The summed E-state index contributed by atoms with van der Waals surface area (Å²) in [6.45, 7) is 0. The lowest BCUT2D eigenvalue weighted by atomic mass is 10.1. The van der Waals surface area contributed by atoms with Crippen LogP contribution in [0.3, 0.4) is 0 Å². The van der Waals surface area contributed by atoms with E-state index in [-0.39, 0.29) is 18.6 Å². The maximum absolute atomic E-state index is 11.7. The molecule has 0 aromatic heterocycles. The second-order valence-corrected chi connectivity index (χ2v) is 4.26. The number of benzene rings is 2. The van der Waals surface area contributed by atoms with Crippen molar-refractivity contribution in [2.75, 3.05) is 0 Å². The lowest BCUT2D eigenvalue weighted by molar-refractivity contribution is -0.136. The monoisotopic (exact) mass is 270 g/mol. The highest BCUT2D eigenvalue weighted by Crippen LogP contribution is 2.21. The van der Waals surface area contributed by atoms with Crippen molar-refractivity contribution in [2.45, 2.75) is 12.8 Å². The van der Waals surface area contributed by atoms with E-state index in [4.69, 9.17) is 9.84 Å².